The lowest BCUT2D eigenvalue weighted by Gasteiger charge is -2.09. The van der Waals surface area contributed by atoms with E-state index in [2.05, 4.69) is 9.97 Å². The number of benzene rings is 2. The van der Waals surface area contributed by atoms with Crippen molar-refractivity contribution in [3.8, 4) is 22.6 Å². The van der Waals surface area contributed by atoms with Crippen LogP contribution in [0.4, 0.5) is 0 Å². The van der Waals surface area contributed by atoms with Gasteiger partial charge in [0.2, 0.25) is 0 Å². The first-order valence-electron chi connectivity index (χ1n) is 7.47. The third kappa shape index (κ3) is 2.53. The summed E-state index contributed by atoms with van der Waals surface area (Å²) in [7, 11) is 0. The molecule has 0 fully saturated rings. The Morgan fingerprint density at radius 2 is 1.68 bits per heavy atom. The first-order valence-corrected chi connectivity index (χ1v) is 7.85. The smallest absolute Gasteiger partial charge is 0.326 e. The number of nitrogens with zero attached hydrogens (tertiary/aromatic N) is 1. The van der Waals surface area contributed by atoms with Crippen molar-refractivity contribution in [2.75, 3.05) is 0 Å². The maximum atomic E-state index is 12.2. The Bertz CT molecular complexity index is 1200. The highest BCUT2D eigenvalue weighted by molar-refractivity contribution is 6.31. The Labute approximate surface area is 146 Å². The number of fused-ring (bicyclic) bond motifs is 1. The second-order valence-electron chi connectivity index (χ2n) is 5.54. The molecule has 0 spiro atoms. The van der Waals surface area contributed by atoms with Gasteiger partial charge in [-0.25, -0.2) is 4.79 Å². The first-order chi connectivity index (χ1) is 12.0. The molecule has 0 amide bonds. The number of H-pyrrole nitrogens is 2. The molecule has 2 aromatic carbocycles. The average molecular weight is 354 g/mol. The Hall–Kier alpha value is -3.25. The van der Waals surface area contributed by atoms with Gasteiger partial charge < -0.3 is 10.1 Å². The number of halogens is 1. The topological polar surface area (TPSA) is 90.9 Å². The molecule has 0 saturated carbocycles. The number of para-hydroxylation sites is 1. The molecule has 0 unspecified atom stereocenters. The van der Waals surface area contributed by atoms with Crippen LogP contribution in [0.2, 0.25) is 5.15 Å². The van der Waals surface area contributed by atoms with Crippen molar-refractivity contribution in [3.05, 3.63) is 80.6 Å². The van der Waals surface area contributed by atoms with Crippen molar-refractivity contribution in [2.45, 2.75) is 0 Å². The van der Waals surface area contributed by atoms with Crippen LogP contribution in [0.1, 0.15) is 0 Å². The summed E-state index contributed by atoms with van der Waals surface area (Å²) in [6.45, 7) is 0. The third-order valence-corrected chi connectivity index (χ3v) is 4.26. The number of aromatic hydroxyl groups is 1. The molecule has 0 saturated heterocycles. The second-order valence-corrected chi connectivity index (χ2v) is 5.92. The number of phenolic OH excluding ortho intramolecular Hbond substituents is 1. The van der Waals surface area contributed by atoms with Gasteiger partial charge in [0.05, 0.1) is 5.52 Å². The van der Waals surface area contributed by atoms with Gasteiger partial charge in [-0.2, -0.15) is 0 Å². The van der Waals surface area contributed by atoms with Crippen molar-refractivity contribution in [2.24, 2.45) is 0 Å². The quantitative estimate of drug-likeness (QED) is 0.517. The van der Waals surface area contributed by atoms with E-state index >= 15 is 0 Å². The van der Waals surface area contributed by atoms with Crippen LogP contribution in [0.25, 0.3) is 27.8 Å². The second kappa shape index (κ2) is 5.68. The molecule has 6 nitrogen and oxygen atoms in total. The minimum absolute atomic E-state index is 0.189. The summed E-state index contributed by atoms with van der Waals surface area (Å²) in [4.78, 5) is 28.3. The number of aromatic nitrogens is 3. The first kappa shape index (κ1) is 15.3. The summed E-state index contributed by atoms with van der Waals surface area (Å²) in [5, 5.41) is 10.3. The molecule has 0 aliphatic rings. The van der Waals surface area contributed by atoms with Crippen LogP contribution in [-0.2, 0) is 0 Å². The molecule has 4 aromatic rings. The van der Waals surface area contributed by atoms with Crippen LogP contribution in [-0.4, -0.2) is 19.6 Å². The minimum Gasteiger partial charge on any atom is -0.507 e. The van der Waals surface area contributed by atoms with Crippen molar-refractivity contribution in [1.82, 2.24) is 14.5 Å². The molecule has 7 heteroatoms. The molecular formula is C18H12ClN3O3. The van der Waals surface area contributed by atoms with Gasteiger partial charge in [-0.3, -0.25) is 14.3 Å². The largest absolute Gasteiger partial charge is 0.507 e. The van der Waals surface area contributed by atoms with Gasteiger partial charge >= 0.3 is 5.69 Å². The maximum Gasteiger partial charge on any atom is 0.326 e. The van der Waals surface area contributed by atoms with Gasteiger partial charge in [0.15, 0.2) is 0 Å². The molecule has 3 N–H and O–H groups in total. The van der Waals surface area contributed by atoms with E-state index < -0.39 is 11.2 Å². The summed E-state index contributed by atoms with van der Waals surface area (Å²) in [6.07, 6.45) is 0. The standard InChI is InChI=1S/C18H12ClN3O3/c19-15-9-13-16(17(24)21-18(25)20-13)22(15)11-7-5-10(6-8-11)12-3-1-2-4-14(12)23/h1-9,23H,(H2,20,21,24,25). The van der Waals surface area contributed by atoms with E-state index in [1.165, 1.54) is 6.07 Å². The molecule has 2 aromatic heterocycles. The van der Waals surface area contributed by atoms with Gasteiger partial charge in [0.25, 0.3) is 5.56 Å². The average Bonchev–Trinajstić information content (AvgIpc) is 2.91. The Kier molecular flexibility index (Phi) is 3.47. The number of phenols is 1. The molecule has 2 heterocycles. The van der Waals surface area contributed by atoms with E-state index in [1.54, 1.807) is 28.8 Å². The highest BCUT2D eigenvalue weighted by Gasteiger charge is 2.14. The van der Waals surface area contributed by atoms with Crippen molar-refractivity contribution in [1.29, 1.82) is 0 Å². The highest BCUT2D eigenvalue weighted by Crippen LogP contribution is 2.30. The highest BCUT2D eigenvalue weighted by atomic mass is 35.5. The zero-order valence-corrected chi connectivity index (χ0v) is 13.5. The van der Waals surface area contributed by atoms with E-state index in [-0.39, 0.29) is 11.3 Å². The molecule has 0 aliphatic heterocycles. The monoisotopic (exact) mass is 353 g/mol. The Morgan fingerprint density at radius 3 is 2.40 bits per heavy atom. The molecule has 0 radical (unpaired) electrons. The summed E-state index contributed by atoms with van der Waals surface area (Å²) in [5.41, 5.74) is 1.73. The predicted octanol–water partition coefficient (Wildman–Crippen LogP) is 3.03. The molecule has 4 rings (SSSR count). The lowest BCUT2D eigenvalue weighted by Crippen LogP contribution is -2.22. The van der Waals surface area contributed by atoms with E-state index in [4.69, 9.17) is 11.6 Å². The van der Waals surface area contributed by atoms with Crippen molar-refractivity contribution >= 4 is 22.6 Å². The predicted molar refractivity (Wildman–Crippen MR) is 96.6 cm³/mol. The minimum atomic E-state index is -0.582. The van der Waals surface area contributed by atoms with Crippen LogP contribution in [0.5, 0.6) is 5.75 Å². The fraction of sp³-hybridized carbons (Fsp3) is 0. The Morgan fingerprint density at radius 1 is 0.960 bits per heavy atom. The molecule has 0 atom stereocenters. The van der Waals surface area contributed by atoms with Gasteiger partial charge in [-0.1, -0.05) is 41.9 Å². The van der Waals surface area contributed by atoms with E-state index in [0.717, 1.165) is 5.56 Å². The summed E-state index contributed by atoms with van der Waals surface area (Å²) in [6, 6.07) is 15.8. The van der Waals surface area contributed by atoms with Crippen LogP contribution in [0.3, 0.4) is 0 Å². The molecule has 0 bridgehead atoms. The van der Waals surface area contributed by atoms with Crippen molar-refractivity contribution in [3.63, 3.8) is 0 Å². The molecular weight excluding hydrogens is 342 g/mol. The number of nitrogens with one attached hydrogen (secondary N) is 2. The summed E-state index contributed by atoms with van der Waals surface area (Å²) < 4.78 is 1.56. The van der Waals surface area contributed by atoms with E-state index in [9.17, 15) is 14.7 Å². The number of aromatic amines is 2. The van der Waals surface area contributed by atoms with Crippen LogP contribution in [0.15, 0.2) is 64.2 Å². The van der Waals surface area contributed by atoms with E-state index in [1.807, 2.05) is 24.3 Å². The fourth-order valence-corrected chi connectivity index (χ4v) is 3.17. The molecule has 0 aliphatic carbocycles. The summed E-state index contributed by atoms with van der Waals surface area (Å²) >= 11 is 6.26. The van der Waals surface area contributed by atoms with Gasteiger partial charge in [-0.05, 0) is 29.8 Å². The summed E-state index contributed by atoms with van der Waals surface area (Å²) in [5.74, 6) is 0.189. The van der Waals surface area contributed by atoms with Crippen LogP contribution < -0.4 is 11.2 Å². The van der Waals surface area contributed by atoms with Crippen molar-refractivity contribution < 1.29 is 5.11 Å². The fourth-order valence-electron chi connectivity index (χ4n) is 2.87. The van der Waals surface area contributed by atoms with E-state index in [0.29, 0.717) is 21.9 Å². The van der Waals surface area contributed by atoms with Crippen LogP contribution >= 0.6 is 11.6 Å². The zero-order chi connectivity index (χ0) is 17.6. The molecule has 124 valence electrons. The number of hydrogen-bond acceptors (Lipinski definition) is 3. The van der Waals surface area contributed by atoms with Gasteiger partial charge in [0.1, 0.15) is 16.4 Å². The Balaban J connectivity index is 1.88. The lowest BCUT2D eigenvalue weighted by atomic mass is 10.0. The zero-order valence-electron chi connectivity index (χ0n) is 12.8. The van der Waals surface area contributed by atoms with Gasteiger partial charge in [0, 0.05) is 11.3 Å². The normalized spacial score (nSPS) is 11.1. The van der Waals surface area contributed by atoms with Gasteiger partial charge in [-0.15, -0.1) is 0 Å². The maximum absolute atomic E-state index is 12.2. The van der Waals surface area contributed by atoms with Crippen LogP contribution in [0, 0.1) is 0 Å². The number of hydrogen-bond donors (Lipinski definition) is 3. The number of rotatable bonds is 2. The SMILES string of the molecule is O=c1[nH]c(=O)c2c(cc(Cl)n2-c2ccc(-c3ccccc3O)cc2)[nH]1. The lowest BCUT2D eigenvalue weighted by molar-refractivity contribution is 0.477. The molecule has 25 heavy (non-hydrogen) atoms. The third-order valence-electron chi connectivity index (χ3n) is 3.99.